The molecule has 2 saturated heterocycles. The maximum Gasteiger partial charge on any atom is 0.320 e. The topological polar surface area (TPSA) is 183 Å². The SMILES string of the molecule is COc1cc(C(=O)NC2(c3nc4cc(CN[C@@H]5CCOC[C@H]5O)cc(C#N)c4o3)C=CC=C(c3ccccc3C)C2Cl)ncc1CN1CCCC[C@H]1C(=O)O. The summed E-state index contributed by atoms with van der Waals surface area (Å²) in [5.74, 6) is -0.996. The molecule has 14 heteroatoms. The molecule has 0 bridgehead atoms. The van der Waals surface area contributed by atoms with Gasteiger partial charge in [-0.15, -0.1) is 11.6 Å². The number of carboxylic acid groups (broad SMARTS) is 1. The maximum absolute atomic E-state index is 14.3. The molecule has 2 aliphatic heterocycles. The lowest BCUT2D eigenvalue weighted by Crippen LogP contribution is -2.52. The lowest BCUT2D eigenvalue weighted by atomic mass is 9.81. The lowest BCUT2D eigenvalue weighted by Gasteiger charge is -2.36. The summed E-state index contributed by atoms with van der Waals surface area (Å²) in [4.78, 5) is 37.5. The van der Waals surface area contributed by atoms with Crippen LogP contribution in [0.2, 0.25) is 0 Å². The van der Waals surface area contributed by atoms with Crippen LogP contribution >= 0.6 is 11.6 Å². The quantitative estimate of drug-likeness (QED) is 0.151. The number of hydrogen-bond donors (Lipinski definition) is 4. The molecule has 2 fully saturated rings. The minimum Gasteiger partial charge on any atom is -0.496 e. The van der Waals surface area contributed by atoms with Gasteiger partial charge in [-0.2, -0.15) is 5.26 Å². The molecule has 55 heavy (non-hydrogen) atoms. The number of halogens is 1. The van der Waals surface area contributed by atoms with E-state index in [2.05, 4.69) is 21.7 Å². The van der Waals surface area contributed by atoms with E-state index >= 15 is 0 Å². The lowest BCUT2D eigenvalue weighted by molar-refractivity contribution is -0.144. The molecule has 0 spiro atoms. The van der Waals surface area contributed by atoms with Crippen LogP contribution in [0.3, 0.4) is 0 Å². The average Bonchev–Trinajstić information content (AvgIpc) is 3.64. The summed E-state index contributed by atoms with van der Waals surface area (Å²) < 4.78 is 17.5. The summed E-state index contributed by atoms with van der Waals surface area (Å²) in [5.41, 5.74) is 3.38. The van der Waals surface area contributed by atoms with E-state index in [1.807, 2.05) is 48.2 Å². The fourth-order valence-electron chi connectivity index (χ4n) is 7.67. The summed E-state index contributed by atoms with van der Waals surface area (Å²) in [6.45, 7) is 4.07. The standard InChI is InChI=1S/C41H43ClN6O7/c1-24-8-3-4-9-28(24)29-10-7-13-41(37(29)42,40-46-31-17-25(16-26(19-43)36(31)55-40)20-44-30-12-15-54-23-34(30)49)47-38(50)32-18-35(53-2)27(21-45-32)22-48-14-6-5-11-33(48)39(51)52/h3-4,7-10,13,16-18,21,30,33-34,37,44,49H,5-6,11-12,14-15,20,22-23H2,1-2H3,(H,47,50)(H,51,52)/t30-,33+,34-,37?,41?/m1/s1. The molecule has 4 N–H and O–H groups in total. The molecule has 3 aliphatic rings. The van der Waals surface area contributed by atoms with Gasteiger partial charge in [-0.25, -0.2) is 4.98 Å². The third-order valence-electron chi connectivity index (χ3n) is 10.7. The Morgan fingerprint density at radius 1 is 1.20 bits per heavy atom. The van der Waals surface area contributed by atoms with E-state index in [9.17, 15) is 25.1 Å². The predicted molar refractivity (Wildman–Crippen MR) is 204 cm³/mol. The number of oxazole rings is 1. The number of pyridine rings is 1. The number of fused-ring (bicyclic) bond motifs is 1. The van der Waals surface area contributed by atoms with Crippen molar-refractivity contribution in [2.75, 3.05) is 26.9 Å². The number of aliphatic hydroxyl groups is 1. The van der Waals surface area contributed by atoms with Gasteiger partial charge < -0.3 is 34.7 Å². The van der Waals surface area contributed by atoms with E-state index in [1.165, 1.54) is 19.4 Å². The monoisotopic (exact) mass is 766 g/mol. The number of aryl methyl sites for hydroxylation is 1. The molecule has 2 aromatic heterocycles. The number of alkyl halides is 1. The molecule has 1 amide bonds. The van der Waals surface area contributed by atoms with Crippen LogP contribution in [-0.4, -0.2) is 87.4 Å². The van der Waals surface area contributed by atoms with E-state index in [4.69, 9.17) is 30.5 Å². The number of allylic oxidation sites excluding steroid dienone is 2. The van der Waals surface area contributed by atoms with Gasteiger partial charge in [0.2, 0.25) is 5.89 Å². The number of aliphatic hydroxyl groups excluding tert-OH is 1. The molecule has 286 valence electrons. The Balaban J connectivity index is 1.24. The summed E-state index contributed by atoms with van der Waals surface area (Å²) >= 11 is 7.45. The van der Waals surface area contributed by atoms with Gasteiger partial charge in [0.15, 0.2) is 11.1 Å². The van der Waals surface area contributed by atoms with Gasteiger partial charge in [-0.3, -0.25) is 19.5 Å². The number of nitrogens with one attached hydrogen (secondary N) is 2. The molecule has 7 rings (SSSR count). The van der Waals surface area contributed by atoms with E-state index < -0.39 is 34.9 Å². The highest BCUT2D eigenvalue weighted by molar-refractivity contribution is 6.28. The number of aliphatic carboxylic acids is 1. The minimum atomic E-state index is -1.54. The Bertz CT molecular complexity index is 2200. The second-order valence-electron chi connectivity index (χ2n) is 14.2. The minimum absolute atomic E-state index is 0.0372. The first-order chi connectivity index (χ1) is 26.6. The first-order valence-electron chi connectivity index (χ1n) is 18.4. The van der Waals surface area contributed by atoms with Crippen molar-refractivity contribution in [2.45, 2.75) is 74.8 Å². The largest absolute Gasteiger partial charge is 0.496 e. The zero-order chi connectivity index (χ0) is 38.7. The number of carbonyl (C=O) groups is 2. The summed E-state index contributed by atoms with van der Waals surface area (Å²) in [7, 11) is 1.49. The number of piperidine rings is 1. The van der Waals surface area contributed by atoms with Crippen LogP contribution in [0, 0.1) is 18.3 Å². The first kappa shape index (κ1) is 38.2. The summed E-state index contributed by atoms with van der Waals surface area (Å²) in [5, 5.41) is 35.9. The number of carbonyl (C=O) groups excluding carboxylic acids is 1. The van der Waals surface area contributed by atoms with E-state index in [0.29, 0.717) is 55.9 Å². The Morgan fingerprint density at radius 3 is 2.80 bits per heavy atom. The van der Waals surface area contributed by atoms with Crippen molar-refractivity contribution in [1.29, 1.82) is 5.26 Å². The maximum atomic E-state index is 14.3. The van der Waals surface area contributed by atoms with Crippen LogP contribution in [0.5, 0.6) is 5.75 Å². The van der Waals surface area contributed by atoms with Crippen molar-refractivity contribution < 1.29 is 33.7 Å². The van der Waals surface area contributed by atoms with E-state index in [-0.39, 0.29) is 35.4 Å². The van der Waals surface area contributed by atoms with Gasteiger partial charge in [-0.05, 0) is 73.2 Å². The van der Waals surface area contributed by atoms with Crippen LogP contribution in [0.25, 0.3) is 16.7 Å². The predicted octanol–water partition coefficient (Wildman–Crippen LogP) is 4.98. The Labute approximate surface area is 323 Å². The molecule has 4 heterocycles. The number of ether oxygens (including phenoxy) is 2. The van der Waals surface area contributed by atoms with Gasteiger partial charge in [0.25, 0.3) is 5.91 Å². The number of carboxylic acids is 1. The number of methoxy groups -OCH3 is 1. The van der Waals surface area contributed by atoms with Gasteiger partial charge in [0, 0.05) is 43.6 Å². The normalized spacial score (nSPS) is 24.2. The zero-order valence-corrected chi connectivity index (χ0v) is 31.4. The third-order valence-corrected chi connectivity index (χ3v) is 11.3. The number of nitriles is 1. The molecule has 2 unspecified atom stereocenters. The number of aromatic nitrogens is 2. The van der Waals surface area contributed by atoms with Crippen LogP contribution in [0.15, 0.2) is 71.3 Å². The van der Waals surface area contributed by atoms with Crippen LogP contribution in [0.4, 0.5) is 0 Å². The van der Waals surface area contributed by atoms with Gasteiger partial charge in [0.1, 0.15) is 29.1 Å². The molecule has 2 aromatic carbocycles. The summed E-state index contributed by atoms with van der Waals surface area (Å²) in [6, 6.07) is 14.3. The van der Waals surface area contributed by atoms with Crippen molar-refractivity contribution in [3.63, 3.8) is 0 Å². The van der Waals surface area contributed by atoms with Gasteiger partial charge >= 0.3 is 5.97 Å². The highest BCUT2D eigenvalue weighted by atomic mass is 35.5. The Morgan fingerprint density at radius 2 is 2.04 bits per heavy atom. The Hall–Kier alpha value is -5.10. The second-order valence-corrected chi connectivity index (χ2v) is 14.7. The number of amides is 1. The molecule has 0 saturated carbocycles. The Kier molecular flexibility index (Phi) is 11.3. The number of rotatable bonds is 11. The van der Waals surface area contributed by atoms with Crippen molar-refractivity contribution >= 4 is 40.2 Å². The van der Waals surface area contributed by atoms with Crippen molar-refractivity contribution in [3.8, 4) is 11.8 Å². The number of likely N-dealkylation sites (tertiary alicyclic amines) is 1. The second kappa shape index (κ2) is 16.3. The molecular weight excluding hydrogens is 724 g/mol. The molecule has 1 aliphatic carbocycles. The highest BCUT2D eigenvalue weighted by Crippen LogP contribution is 2.43. The summed E-state index contributed by atoms with van der Waals surface area (Å²) in [6.07, 6.45) is 9.25. The molecule has 0 radical (unpaired) electrons. The molecule has 4 aromatic rings. The molecule has 5 atom stereocenters. The van der Waals surface area contributed by atoms with Crippen molar-refractivity contribution in [1.82, 2.24) is 25.5 Å². The smallest absolute Gasteiger partial charge is 0.320 e. The fourth-order valence-corrected chi connectivity index (χ4v) is 8.08. The van der Waals surface area contributed by atoms with Crippen molar-refractivity contribution in [3.05, 3.63) is 106 Å². The number of hydrogen-bond acceptors (Lipinski definition) is 11. The van der Waals surface area contributed by atoms with Crippen LogP contribution < -0.4 is 15.4 Å². The number of benzene rings is 2. The van der Waals surface area contributed by atoms with Gasteiger partial charge in [-0.1, -0.05) is 42.8 Å². The first-order valence-corrected chi connectivity index (χ1v) is 18.8. The van der Waals surface area contributed by atoms with Gasteiger partial charge in [0.05, 0.1) is 30.8 Å². The van der Waals surface area contributed by atoms with Crippen molar-refractivity contribution in [2.24, 2.45) is 0 Å². The van der Waals surface area contributed by atoms with Crippen LogP contribution in [0.1, 0.15) is 69.9 Å². The molecule has 13 nitrogen and oxygen atoms in total. The number of nitrogens with zero attached hydrogens (tertiary/aromatic N) is 4. The van der Waals surface area contributed by atoms with E-state index in [0.717, 1.165) is 35.1 Å². The average molecular weight is 767 g/mol. The highest BCUT2D eigenvalue weighted by Gasteiger charge is 2.47. The fraction of sp³-hybridized carbons (Fsp3) is 0.390. The van der Waals surface area contributed by atoms with E-state index in [1.54, 1.807) is 18.2 Å². The van der Waals surface area contributed by atoms with Crippen LogP contribution in [-0.2, 0) is 28.2 Å². The third kappa shape index (κ3) is 7.74. The zero-order valence-electron chi connectivity index (χ0n) is 30.6. The molecular formula is C41H43ClN6O7.